The van der Waals surface area contributed by atoms with Crippen LogP contribution in [0.3, 0.4) is 0 Å². The Balaban J connectivity index is 1.53. The summed E-state index contributed by atoms with van der Waals surface area (Å²) in [6.07, 6.45) is 0.638. The summed E-state index contributed by atoms with van der Waals surface area (Å²) in [6.45, 7) is 1.62. The third-order valence-corrected chi connectivity index (χ3v) is 6.25. The largest absolute Gasteiger partial charge is 0.453 e. The van der Waals surface area contributed by atoms with Crippen molar-refractivity contribution in [2.75, 3.05) is 13.2 Å². The van der Waals surface area contributed by atoms with Crippen LogP contribution in [0.5, 0.6) is 0 Å². The molecule has 0 saturated carbocycles. The molecule has 0 aliphatic rings. The maximum Gasteiger partial charge on any atom is 0.348 e. The zero-order valence-corrected chi connectivity index (χ0v) is 17.2. The van der Waals surface area contributed by atoms with Crippen LogP contribution in [0.15, 0.2) is 48.5 Å². The maximum absolute atomic E-state index is 13.0. The highest BCUT2D eigenvalue weighted by atomic mass is 32.1. The fourth-order valence-corrected chi connectivity index (χ4v) is 4.35. The van der Waals surface area contributed by atoms with E-state index in [4.69, 9.17) is 4.74 Å². The number of hydrogen-bond acceptors (Lipinski definition) is 6. The number of ketones is 1. The van der Waals surface area contributed by atoms with Gasteiger partial charge in [-0.2, -0.15) is 0 Å². The van der Waals surface area contributed by atoms with E-state index in [-0.39, 0.29) is 24.1 Å². The first kappa shape index (κ1) is 20.9. The Labute approximate surface area is 175 Å². The summed E-state index contributed by atoms with van der Waals surface area (Å²) in [7, 11) is 0. The van der Waals surface area contributed by atoms with Gasteiger partial charge in [0.15, 0.2) is 6.61 Å². The number of rotatable bonds is 8. The van der Waals surface area contributed by atoms with E-state index in [1.807, 2.05) is 6.07 Å². The minimum atomic E-state index is -0.570. The van der Waals surface area contributed by atoms with E-state index in [1.165, 1.54) is 41.7 Å². The van der Waals surface area contributed by atoms with E-state index in [0.717, 1.165) is 15.3 Å². The molecule has 2 aromatic heterocycles. The summed E-state index contributed by atoms with van der Waals surface area (Å²) < 4.78 is 18.2. The molecule has 1 aromatic carbocycles. The number of thiophene rings is 2. The topological polar surface area (TPSA) is 72.5 Å². The van der Waals surface area contributed by atoms with E-state index in [0.29, 0.717) is 22.7 Å². The highest BCUT2D eigenvalue weighted by Gasteiger charge is 2.16. The van der Waals surface area contributed by atoms with Gasteiger partial charge < -0.3 is 10.1 Å². The molecule has 150 valence electrons. The lowest BCUT2D eigenvalue weighted by Crippen LogP contribution is -2.22. The molecule has 0 unspecified atom stereocenters. The van der Waals surface area contributed by atoms with Gasteiger partial charge in [0.1, 0.15) is 10.7 Å². The van der Waals surface area contributed by atoms with Crippen LogP contribution in [0.2, 0.25) is 0 Å². The quantitative estimate of drug-likeness (QED) is 0.426. The molecule has 8 heteroatoms. The van der Waals surface area contributed by atoms with Crippen molar-refractivity contribution in [3.05, 3.63) is 69.0 Å². The van der Waals surface area contributed by atoms with E-state index in [9.17, 15) is 18.8 Å². The van der Waals surface area contributed by atoms with Gasteiger partial charge in [0.05, 0.1) is 4.88 Å². The molecule has 5 nitrogen and oxygen atoms in total. The van der Waals surface area contributed by atoms with Crippen molar-refractivity contribution in [3.63, 3.8) is 0 Å². The molecule has 29 heavy (non-hydrogen) atoms. The molecule has 3 rings (SSSR count). The third kappa shape index (κ3) is 5.82. The molecule has 0 bridgehead atoms. The lowest BCUT2D eigenvalue weighted by molar-refractivity contribution is -0.118. The zero-order chi connectivity index (χ0) is 20.8. The molecular formula is C21H18FNO4S2. The summed E-state index contributed by atoms with van der Waals surface area (Å²) in [5.74, 6) is -1.26. The Bertz CT molecular complexity index is 1020. The predicted molar refractivity (Wildman–Crippen MR) is 111 cm³/mol. The van der Waals surface area contributed by atoms with Gasteiger partial charge in [0, 0.05) is 23.2 Å². The molecule has 0 fully saturated rings. The number of esters is 1. The van der Waals surface area contributed by atoms with Crippen molar-refractivity contribution in [2.24, 2.45) is 0 Å². The average molecular weight is 432 g/mol. The number of halogens is 1. The zero-order valence-electron chi connectivity index (χ0n) is 15.6. The summed E-state index contributed by atoms with van der Waals surface area (Å²) in [6, 6.07) is 12.9. The van der Waals surface area contributed by atoms with Crippen molar-refractivity contribution in [1.29, 1.82) is 0 Å². The van der Waals surface area contributed by atoms with Crippen LogP contribution < -0.4 is 5.32 Å². The lowest BCUT2D eigenvalue weighted by Gasteiger charge is -2.01. The molecule has 3 aromatic rings. The highest BCUT2D eigenvalue weighted by molar-refractivity contribution is 7.17. The van der Waals surface area contributed by atoms with Crippen molar-refractivity contribution < 1.29 is 23.5 Å². The van der Waals surface area contributed by atoms with E-state index < -0.39 is 5.97 Å². The van der Waals surface area contributed by atoms with Gasteiger partial charge in [-0.1, -0.05) is 12.1 Å². The van der Waals surface area contributed by atoms with Gasteiger partial charge in [-0.3, -0.25) is 9.59 Å². The number of nitrogens with one attached hydrogen (secondary N) is 1. The van der Waals surface area contributed by atoms with Crippen LogP contribution in [0.4, 0.5) is 4.39 Å². The van der Waals surface area contributed by atoms with Gasteiger partial charge in [0.25, 0.3) is 0 Å². The smallest absolute Gasteiger partial charge is 0.348 e. The van der Waals surface area contributed by atoms with E-state index >= 15 is 0 Å². The second-order valence-electron chi connectivity index (χ2n) is 6.17. The molecule has 0 atom stereocenters. The first-order valence-corrected chi connectivity index (χ1v) is 10.4. The van der Waals surface area contributed by atoms with Crippen LogP contribution in [-0.4, -0.2) is 30.8 Å². The van der Waals surface area contributed by atoms with Crippen LogP contribution in [-0.2, 0) is 16.0 Å². The van der Waals surface area contributed by atoms with Gasteiger partial charge in [0.2, 0.25) is 11.7 Å². The summed E-state index contributed by atoms with van der Waals surface area (Å²) >= 11 is 2.55. The Morgan fingerprint density at radius 1 is 0.966 bits per heavy atom. The molecule has 0 aliphatic heterocycles. The van der Waals surface area contributed by atoms with Crippen molar-refractivity contribution in [2.45, 2.75) is 13.3 Å². The third-order valence-electron chi connectivity index (χ3n) is 3.95. The van der Waals surface area contributed by atoms with Crippen LogP contribution in [0.1, 0.15) is 31.1 Å². The van der Waals surface area contributed by atoms with Gasteiger partial charge in [-0.05, 0) is 48.4 Å². The first-order valence-electron chi connectivity index (χ1n) is 8.81. The second-order valence-corrected chi connectivity index (χ2v) is 8.42. The second kappa shape index (κ2) is 9.58. The monoisotopic (exact) mass is 431 g/mol. The molecule has 0 radical (unpaired) electrons. The van der Waals surface area contributed by atoms with E-state index in [2.05, 4.69) is 5.32 Å². The number of ether oxygens (including phenoxy) is 1. The van der Waals surface area contributed by atoms with Crippen LogP contribution in [0.25, 0.3) is 10.4 Å². The molecule has 0 saturated heterocycles. The minimum Gasteiger partial charge on any atom is -0.453 e. The molecule has 0 spiro atoms. The Kier molecular flexibility index (Phi) is 6.90. The highest BCUT2D eigenvalue weighted by Crippen LogP contribution is 2.28. The van der Waals surface area contributed by atoms with Gasteiger partial charge in [-0.25, -0.2) is 9.18 Å². The molecule has 1 N–H and O–H groups in total. The van der Waals surface area contributed by atoms with Gasteiger partial charge in [-0.15, -0.1) is 22.7 Å². The molecule has 0 aliphatic carbocycles. The molecular weight excluding hydrogens is 413 g/mol. The maximum atomic E-state index is 13.0. The molecule has 2 heterocycles. The lowest BCUT2D eigenvalue weighted by atomic mass is 10.2. The normalized spacial score (nSPS) is 10.6. The van der Waals surface area contributed by atoms with Crippen LogP contribution in [0, 0.1) is 5.82 Å². The van der Waals surface area contributed by atoms with Crippen LogP contribution >= 0.6 is 22.7 Å². The summed E-state index contributed by atoms with van der Waals surface area (Å²) in [4.78, 5) is 38.0. The fourth-order valence-electron chi connectivity index (χ4n) is 2.51. The Hall–Kier alpha value is -2.84. The fraction of sp³-hybridized carbons (Fsp3) is 0.190. The van der Waals surface area contributed by atoms with Gasteiger partial charge >= 0.3 is 5.97 Å². The number of carbonyl (C=O) groups is 3. The number of carbonyl (C=O) groups excluding carboxylic acids is 3. The first-order chi connectivity index (χ1) is 13.9. The number of Topliss-reactive ketones (excluding diaryl/α,β-unsaturated/α-hetero) is 1. The number of hydrogen-bond donors (Lipinski definition) is 1. The predicted octanol–water partition coefficient (Wildman–Crippen LogP) is 4.33. The summed E-state index contributed by atoms with van der Waals surface area (Å²) in [5, 5.41) is 2.70. The number of benzene rings is 1. The average Bonchev–Trinajstić information content (AvgIpc) is 3.36. The summed E-state index contributed by atoms with van der Waals surface area (Å²) in [5.41, 5.74) is 0.803. The minimum absolute atomic E-state index is 0.0964. The Morgan fingerprint density at radius 3 is 2.41 bits per heavy atom. The van der Waals surface area contributed by atoms with Crippen molar-refractivity contribution >= 4 is 40.3 Å². The standard InChI is InChI=1S/C21H18FNO4S2/c1-13(24)23-11-10-16-6-7-19(28-16)17(25)12-27-21(26)20-9-8-18(29-20)14-2-4-15(22)5-3-14/h2-9H,10-12H2,1H3,(H,23,24). The number of amides is 1. The van der Waals surface area contributed by atoms with E-state index in [1.54, 1.807) is 30.3 Å². The SMILES string of the molecule is CC(=O)NCCc1ccc(C(=O)COC(=O)c2ccc(-c3ccc(F)cc3)s2)s1. The van der Waals surface area contributed by atoms with Crippen molar-refractivity contribution in [3.8, 4) is 10.4 Å². The van der Waals surface area contributed by atoms with Crippen molar-refractivity contribution in [1.82, 2.24) is 5.32 Å². The Morgan fingerprint density at radius 2 is 1.69 bits per heavy atom. The molecule has 1 amide bonds.